The Morgan fingerprint density at radius 3 is 2.88 bits per heavy atom. The molecule has 2 aliphatic rings. The van der Waals surface area contributed by atoms with Gasteiger partial charge in [0.05, 0.1) is 18.9 Å². The molecule has 3 rings (SSSR count). The van der Waals surface area contributed by atoms with Crippen molar-refractivity contribution in [2.45, 2.75) is 0 Å². The van der Waals surface area contributed by atoms with Gasteiger partial charge in [0.1, 0.15) is 11.7 Å². The summed E-state index contributed by atoms with van der Waals surface area (Å²) >= 11 is 0. The number of rotatable bonds is 5. The predicted octanol–water partition coefficient (Wildman–Crippen LogP) is 0.675. The van der Waals surface area contributed by atoms with Gasteiger partial charge in [0.2, 0.25) is 0 Å². The van der Waals surface area contributed by atoms with Gasteiger partial charge in [-0.15, -0.1) is 0 Å². The number of amidine groups is 1. The summed E-state index contributed by atoms with van der Waals surface area (Å²) in [4.78, 5) is 13.2. The highest BCUT2D eigenvalue weighted by molar-refractivity contribution is 6.02. The smallest absolute Gasteiger partial charge is 0.134 e. The molecule has 0 spiro atoms. The molecular formula is C18H26N6O. The molecule has 1 saturated heterocycles. The number of anilines is 1. The molecule has 0 radical (unpaired) electrons. The van der Waals surface area contributed by atoms with Gasteiger partial charge in [0.25, 0.3) is 0 Å². The third kappa shape index (κ3) is 4.58. The Morgan fingerprint density at radius 1 is 1.36 bits per heavy atom. The van der Waals surface area contributed by atoms with Crippen molar-refractivity contribution in [3.63, 3.8) is 0 Å². The summed E-state index contributed by atoms with van der Waals surface area (Å²) in [5.74, 6) is 1.44. The fourth-order valence-electron chi connectivity index (χ4n) is 3.01. The Hall–Kier alpha value is -2.38. The van der Waals surface area contributed by atoms with Gasteiger partial charge >= 0.3 is 0 Å². The SMILES string of the molecule is CN=C(c1cccnc1N)N1CCN(COCC2=CC=CCN2)CC1. The zero-order chi connectivity index (χ0) is 17.5. The van der Waals surface area contributed by atoms with Gasteiger partial charge in [-0.25, -0.2) is 4.98 Å². The Labute approximate surface area is 148 Å². The quantitative estimate of drug-likeness (QED) is 0.605. The summed E-state index contributed by atoms with van der Waals surface area (Å²) in [6.45, 7) is 5.81. The lowest BCUT2D eigenvalue weighted by atomic mass is 10.2. The van der Waals surface area contributed by atoms with Crippen LogP contribution in [-0.4, -0.2) is 73.7 Å². The van der Waals surface area contributed by atoms with E-state index in [2.05, 4.69) is 43.3 Å². The van der Waals surface area contributed by atoms with Crippen LogP contribution in [0.2, 0.25) is 0 Å². The minimum Gasteiger partial charge on any atom is -0.383 e. The lowest BCUT2D eigenvalue weighted by Crippen LogP contribution is -2.49. The molecule has 0 saturated carbocycles. The standard InChI is InChI=1S/C18H26N6O/c1-20-18(16-6-4-8-22-17(16)19)24-11-9-23(10-12-24)14-25-13-15-5-2-3-7-21-15/h2-6,8,21H,7,9-14H2,1H3,(H2,19,22). The summed E-state index contributed by atoms with van der Waals surface area (Å²) in [6, 6.07) is 3.86. The van der Waals surface area contributed by atoms with Crippen LogP contribution in [-0.2, 0) is 4.74 Å². The molecule has 7 heteroatoms. The van der Waals surface area contributed by atoms with Gasteiger partial charge in [0.15, 0.2) is 0 Å². The third-order valence-corrected chi connectivity index (χ3v) is 4.37. The predicted molar refractivity (Wildman–Crippen MR) is 100 cm³/mol. The second kappa shape index (κ2) is 8.64. The van der Waals surface area contributed by atoms with Crippen molar-refractivity contribution in [3.05, 3.63) is 47.8 Å². The average Bonchev–Trinajstić information content (AvgIpc) is 2.66. The number of piperazine rings is 1. The van der Waals surface area contributed by atoms with Crippen LogP contribution in [0.4, 0.5) is 5.82 Å². The van der Waals surface area contributed by atoms with Crippen LogP contribution in [0.15, 0.2) is 47.2 Å². The molecule has 0 aromatic carbocycles. The van der Waals surface area contributed by atoms with Crippen molar-refractivity contribution in [1.29, 1.82) is 0 Å². The number of dihydropyridines is 1. The third-order valence-electron chi connectivity index (χ3n) is 4.37. The Balaban J connectivity index is 1.47. The highest BCUT2D eigenvalue weighted by Gasteiger charge is 2.21. The first kappa shape index (κ1) is 17.4. The van der Waals surface area contributed by atoms with E-state index in [-0.39, 0.29) is 0 Å². The zero-order valence-corrected chi connectivity index (χ0v) is 14.7. The number of hydrogen-bond acceptors (Lipinski definition) is 6. The summed E-state index contributed by atoms with van der Waals surface area (Å²) in [7, 11) is 1.80. The average molecular weight is 342 g/mol. The second-order valence-corrected chi connectivity index (χ2v) is 6.07. The summed E-state index contributed by atoms with van der Waals surface area (Å²) in [5.41, 5.74) is 8.04. The number of aliphatic imine (C=N–C) groups is 1. The molecule has 7 nitrogen and oxygen atoms in total. The van der Waals surface area contributed by atoms with Crippen molar-refractivity contribution in [2.75, 3.05) is 58.8 Å². The van der Waals surface area contributed by atoms with E-state index in [0.29, 0.717) is 19.2 Å². The molecule has 25 heavy (non-hydrogen) atoms. The topological polar surface area (TPSA) is 79.0 Å². The Bertz CT molecular complexity index is 661. The van der Waals surface area contributed by atoms with Gasteiger partial charge < -0.3 is 20.7 Å². The van der Waals surface area contributed by atoms with Crippen LogP contribution in [0.5, 0.6) is 0 Å². The maximum absolute atomic E-state index is 6.00. The van der Waals surface area contributed by atoms with E-state index in [4.69, 9.17) is 10.5 Å². The summed E-state index contributed by atoms with van der Waals surface area (Å²) < 4.78 is 5.82. The largest absolute Gasteiger partial charge is 0.383 e. The Morgan fingerprint density at radius 2 is 2.20 bits per heavy atom. The maximum atomic E-state index is 6.00. The van der Waals surface area contributed by atoms with Crippen LogP contribution in [0.25, 0.3) is 0 Å². The molecule has 0 bridgehead atoms. The molecule has 0 aliphatic carbocycles. The highest BCUT2D eigenvalue weighted by Crippen LogP contribution is 2.14. The van der Waals surface area contributed by atoms with Gasteiger partial charge in [0, 0.05) is 51.7 Å². The maximum Gasteiger partial charge on any atom is 0.134 e. The van der Waals surface area contributed by atoms with Gasteiger partial charge in [-0.1, -0.05) is 12.2 Å². The van der Waals surface area contributed by atoms with Gasteiger partial charge in [-0.2, -0.15) is 0 Å². The van der Waals surface area contributed by atoms with Crippen LogP contribution in [0, 0.1) is 0 Å². The lowest BCUT2D eigenvalue weighted by molar-refractivity contribution is 0.0204. The van der Waals surface area contributed by atoms with Gasteiger partial charge in [-0.3, -0.25) is 9.89 Å². The van der Waals surface area contributed by atoms with E-state index in [0.717, 1.165) is 49.8 Å². The first-order valence-electron chi connectivity index (χ1n) is 8.60. The minimum atomic E-state index is 0.524. The molecule has 134 valence electrons. The number of ether oxygens (including phenoxy) is 1. The summed E-state index contributed by atoms with van der Waals surface area (Å²) in [5, 5.41) is 3.30. The first-order valence-corrected chi connectivity index (χ1v) is 8.60. The van der Waals surface area contributed by atoms with Crippen molar-refractivity contribution in [3.8, 4) is 0 Å². The van der Waals surface area contributed by atoms with E-state index >= 15 is 0 Å². The second-order valence-electron chi connectivity index (χ2n) is 6.07. The van der Waals surface area contributed by atoms with Crippen molar-refractivity contribution in [2.24, 2.45) is 4.99 Å². The normalized spacial score (nSPS) is 18.8. The number of nitrogens with two attached hydrogens (primary N) is 1. The minimum absolute atomic E-state index is 0.524. The number of pyridine rings is 1. The van der Waals surface area contributed by atoms with E-state index in [9.17, 15) is 0 Å². The van der Waals surface area contributed by atoms with Crippen molar-refractivity contribution in [1.82, 2.24) is 20.1 Å². The van der Waals surface area contributed by atoms with Crippen LogP contribution >= 0.6 is 0 Å². The van der Waals surface area contributed by atoms with Crippen LogP contribution < -0.4 is 11.1 Å². The Kier molecular flexibility index (Phi) is 6.03. The van der Waals surface area contributed by atoms with Gasteiger partial charge in [-0.05, 0) is 18.2 Å². The molecule has 3 heterocycles. The molecule has 2 aliphatic heterocycles. The molecule has 0 amide bonds. The molecule has 0 unspecified atom stereocenters. The summed E-state index contributed by atoms with van der Waals surface area (Å²) in [6.07, 6.45) is 7.91. The number of allylic oxidation sites excluding steroid dienone is 2. The molecule has 1 aromatic rings. The van der Waals surface area contributed by atoms with E-state index < -0.39 is 0 Å². The number of nitrogens with one attached hydrogen (secondary N) is 1. The van der Waals surface area contributed by atoms with Crippen LogP contribution in [0.3, 0.4) is 0 Å². The molecular weight excluding hydrogens is 316 g/mol. The fraction of sp³-hybridized carbons (Fsp3) is 0.444. The number of nitrogen functional groups attached to an aromatic ring is 1. The van der Waals surface area contributed by atoms with Crippen LogP contribution in [0.1, 0.15) is 5.56 Å². The first-order chi connectivity index (χ1) is 12.3. The van der Waals surface area contributed by atoms with E-state index in [1.807, 2.05) is 12.1 Å². The fourth-order valence-corrected chi connectivity index (χ4v) is 3.01. The molecule has 1 fully saturated rings. The number of aromatic nitrogens is 1. The molecule has 1 aromatic heterocycles. The van der Waals surface area contributed by atoms with Crippen molar-refractivity contribution >= 4 is 11.7 Å². The lowest BCUT2D eigenvalue weighted by Gasteiger charge is -2.36. The molecule has 0 atom stereocenters. The zero-order valence-electron chi connectivity index (χ0n) is 14.7. The molecule has 3 N–H and O–H groups in total. The number of nitrogens with zero attached hydrogens (tertiary/aromatic N) is 4. The number of hydrogen-bond donors (Lipinski definition) is 2. The van der Waals surface area contributed by atoms with E-state index in [1.165, 1.54) is 0 Å². The highest BCUT2D eigenvalue weighted by atomic mass is 16.5. The van der Waals surface area contributed by atoms with E-state index in [1.54, 1.807) is 13.2 Å². The van der Waals surface area contributed by atoms with Crippen molar-refractivity contribution < 1.29 is 4.74 Å². The monoisotopic (exact) mass is 342 g/mol.